The van der Waals surface area contributed by atoms with Gasteiger partial charge in [-0.3, -0.25) is 14.3 Å². The number of hydrogen-bond donors (Lipinski definition) is 1. The summed E-state index contributed by atoms with van der Waals surface area (Å²) >= 11 is 1.81. The van der Waals surface area contributed by atoms with Crippen molar-refractivity contribution in [2.75, 3.05) is 12.9 Å². The smallest absolute Gasteiger partial charge is 0.277 e. The highest BCUT2D eigenvalue weighted by Gasteiger charge is 2.28. The molecule has 1 aliphatic rings. The van der Waals surface area contributed by atoms with E-state index in [0.717, 1.165) is 28.9 Å². The molecule has 0 saturated carbocycles. The van der Waals surface area contributed by atoms with Crippen LogP contribution in [0, 0.1) is 13.8 Å². The van der Waals surface area contributed by atoms with E-state index in [1.54, 1.807) is 7.11 Å². The van der Waals surface area contributed by atoms with Gasteiger partial charge in [0.1, 0.15) is 5.56 Å². The first-order chi connectivity index (χ1) is 11.5. The summed E-state index contributed by atoms with van der Waals surface area (Å²) in [5.41, 5.74) is 3.60. The van der Waals surface area contributed by atoms with Gasteiger partial charge in [-0.15, -0.1) is 11.8 Å². The number of nitrogens with one attached hydrogen (secondary N) is 1. The number of carbonyl (C=O) groups is 1. The maximum Gasteiger partial charge on any atom is 0.277 e. The van der Waals surface area contributed by atoms with Crippen LogP contribution in [0.15, 0.2) is 22.0 Å². The lowest BCUT2D eigenvalue weighted by atomic mass is 9.90. The monoisotopic (exact) mass is 346 g/mol. The Morgan fingerprint density at radius 2 is 2.17 bits per heavy atom. The van der Waals surface area contributed by atoms with E-state index in [1.807, 2.05) is 38.6 Å². The molecule has 1 aliphatic heterocycles. The largest absolute Gasteiger partial charge is 0.377 e. The van der Waals surface area contributed by atoms with Crippen molar-refractivity contribution in [1.82, 2.24) is 9.78 Å². The number of fused-ring (bicyclic) bond motifs is 1. The van der Waals surface area contributed by atoms with Gasteiger partial charge < -0.3 is 9.84 Å². The summed E-state index contributed by atoms with van der Waals surface area (Å²) in [6, 6.07) is 1.91. The average molecular weight is 346 g/mol. The third-order valence-corrected chi connectivity index (χ3v) is 5.92. The van der Waals surface area contributed by atoms with E-state index in [-0.39, 0.29) is 23.0 Å². The van der Waals surface area contributed by atoms with E-state index in [1.165, 1.54) is 15.8 Å². The fourth-order valence-corrected chi connectivity index (χ4v) is 4.59. The first kappa shape index (κ1) is 17.0. The number of ketones is 1. The fourth-order valence-electron chi connectivity index (χ4n) is 3.33. The van der Waals surface area contributed by atoms with Gasteiger partial charge >= 0.3 is 0 Å². The van der Waals surface area contributed by atoms with E-state index in [9.17, 15) is 9.59 Å². The third-order valence-electron chi connectivity index (χ3n) is 4.65. The zero-order chi connectivity index (χ0) is 17.4. The Hall–Kier alpha value is -1.79. The Balaban J connectivity index is 2.15. The van der Waals surface area contributed by atoms with Crippen molar-refractivity contribution in [2.24, 2.45) is 0 Å². The number of hydrogen-bond acceptors (Lipinski definition) is 4. The molecule has 2 aromatic rings. The van der Waals surface area contributed by atoms with E-state index in [4.69, 9.17) is 4.74 Å². The van der Waals surface area contributed by atoms with Gasteiger partial charge in [-0.05, 0) is 49.9 Å². The molecule has 1 aromatic heterocycles. The zero-order valence-electron chi connectivity index (χ0n) is 14.4. The minimum Gasteiger partial charge on any atom is -0.377 e. The van der Waals surface area contributed by atoms with Crippen LogP contribution in [0.25, 0.3) is 0 Å². The summed E-state index contributed by atoms with van der Waals surface area (Å²) in [5, 5.41) is 2.85. The molecule has 24 heavy (non-hydrogen) atoms. The number of aromatic amines is 1. The minimum absolute atomic E-state index is 0.00576. The molecule has 1 N–H and O–H groups in total. The second-order valence-electron chi connectivity index (χ2n) is 6.04. The molecule has 1 unspecified atom stereocenters. The van der Waals surface area contributed by atoms with Crippen molar-refractivity contribution in [2.45, 2.75) is 44.7 Å². The maximum absolute atomic E-state index is 13.0. The molecule has 0 radical (unpaired) electrons. The van der Waals surface area contributed by atoms with Gasteiger partial charge in [-0.2, -0.15) is 0 Å². The zero-order valence-corrected chi connectivity index (χ0v) is 15.3. The number of ether oxygens (including phenoxy) is 1. The highest BCUT2D eigenvalue weighted by Crippen LogP contribution is 2.42. The van der Waals surface area contributed by atoms with Gasteiger partial charge in [-0.25, -0.2) is 0 Å². The molecule has 0 spiro atoms. The van der Waals surface area contributed by atoms with Crippen molar-refractivity contribution in [3.05, 3.63) is 50.4 Å². The van der Waals surface area contributed by atoms with Crippen LogP contribution in [0.3, 0.4) is 0 Å². The number of rotatable bonds is 4. The summed E-state index contributed by atoms with van der Waals surface area (Å²) in [4.78, 5) is 26.5. The molecule has 0 aliphatic carbocycles. The van der Waals surface area contributed by atoms with Crippen LogP contribution in [0.5, 0.6) is 0 Å². The van der Waals surface area contributed by atoms with Gasteiger partial charge in [0.25, 0.3) is 5.56 Å². The first-order valence-electron chi connectivity index (χ1n) is 8.12. The number of thioether (sulfide) groups is 1. The number of methoxy groups -OCH3 is 1. The van der Waals surface area contributed by atoms with Gasteiger partial charge in [0.15, 0.2) is 5.78 Å². The highest BCUT2D eigenvalue weighted by molar-refractivity contribution is 7.99. The number of H-pyrrole nitrogens is 1. The molecule has 5 nitrogen and oxygen atoms in total. The Bertz CT molecular complexity index is 851. The molecule has 1 atom stereocenters. The lowest BCUT2D eigenvalue weighted by Gasteiger charge is -2.28. The third kappa shape index (κ3) is 2.63. The van der Waals surface area contributed by atoms with Crippen LogP contribution < -0.4 is 5.56 Å². The quantitative estimate of drug-likeness (QED) is 0.863. The van der Waals surface area contributed by atoms with E-state index in [0.29, 0.717) is 12.1 Å². The van der Waals surface area contributed by atoms with Gasteiger partial charge in [0.2, 0.25) is 0 Å². The number of aryl methyl sites for hydroxylation is 2. The van der Waals surface area contributed by atoms with Gasteiger partial charge in [0, 0.05) is 36.1 Å². The molecular weight excluding hydrogens is 324 g/mol. The van der Waals surface area contributed by atoms with Crippen LogP contribution in [0.2, 0.25) is 0 Å². The molecule has 2 heterocycles. The molecular formula is C18H22N2O3S. The molecule has 0 amide bonds. The van der Waals surface area contributed by atoms with Crippen LogP contribution in [0.1, 0.15) is 52.1 Å². The van der Waals surface area contributed by atoms with Crippen LogP contribution in [-0.2, 0) is 11.3 Å². The molecule has 0 saturated heterocycles. The predicted octanol–water partition coefficient (Wildman–Crippen LogP) is 3.23. The van der Waals surface area contributed by atoms with Crippen molar-refractivity contribution in [1.29, 1.82) is 0 Å². The van der Waals surface area contributed by atoms with Crippen molar-refractivity contribution in [3.63, 3.8) is 0 Å². The summed E-state index contributed by atoms with van der Waals surface area (Å²) in [5.74, 6) is 0.787. The molecule has 3 rings (SSSR count). The van der Waals surface area contributed by atoms with E-state index >= 15 is 0 Å². The van der Waals surface area contributed by atoms with Gasteiger partial charge in [0.05, 0.1) is 6.10 Å². The highest BCUT2D eigenvalue weighted by atomic mass is 32.2. The molecule has 0 fully saturated rings. The molecule has 0 bridgehead atoms. The Labute approximate surface area is 145 Å². The average Bonchev–Trinajstić information content (AvgIpc) is 2.97. The summed E-state index contributed by atoms with van der Waals surface area (Å²) < 4.78 is 7.07. The summed E-state index contributed by atoms with van der Waals surface area (Å²) in [6.07, 6.45) is 2.44. The van der Waals surface area contributed by atoms with Crippen LogP contribution in [0.4, 0.5) is 0 Å². The molecule has 128 valence electrons. The van der Waals surface area contributed by atoms with Crippen LogP contribution in [-0.4, -0.2) is 28.4 Å². The second kappa shape index (κ2) is 6.61. The van der Waals surface area contributed by atoms with E-state index in [2.05, 4.69) is 5.10 Å². The van der Waals surface area contributed by atoms with Crippen molar-refractivity contribution < 1.29 is 9.53 Å². The molecule has 1 aromatic carbocycles. The van der Waals surface area contributed by atoms with E-state index < -0.39 is 0 Å². The lowest BCUT2D eigenvalue weighted by molar-refractivity contribution is 0.0961. The number of nitrogens with zero attached hydrogens (tertiary/aromatic N) is 1. The Morgan fingerprint density at radius 1 is 1.42 bits per heavy atom. The van der Waals surface area contributed by atoms with Gasteiger partial charge in [-0.1, -0.05) is 0 Å². The van der Waals surface area contributed by atoms with Crippen molar-refractivity contribution >= 4 is 17.5 Å². The fraction of sp³-hybridized carbons (Fsp3) is 0.444. The minimum atomic E-state index is -0.269. The number of aromatic nitrogens is 2. The maximum atomic E-state index is 13.0. The van der Waals surface area contributed by atoms with Crippen LogP contribution >= 0.6 is 11.8 Å². The second-order valence-corrected chi connectivity index (χ2v) is 7.14. The number of benzene rings is 1. The number of carbonyl (C=O) groups excluding carboxylic acids is 1. The summed E-state index contributed by atoms with van der Waals surface area (Å²) in [6.45, 7) is 6.34. The topological polar surface area (TPSA) is 64.1 Å². The Morgan fingerprint density at radius 3 is 2.79 bits per heavy atom. The standard InChI is InChI=1S/C18H22N2O3S/c1-5-20-18(22)13(9-19-20)16(21)12-8-10(2)17-15(11(12)3)14(23-4)6-7-24-17/h8-9,14,19H,5-7H2,1-4H3. The van der Waals surface area contributed by atoms with Crippen molar-refractivity contribution in [3.8, 4) is 0 Å². The SMILES string of the molecule is CCn1[nH]cc(C(=O)c2cc(C)c3c(c2C)C(OC)CCS3)c1=O. The Kier molecular flexibility index (Phi) is 4.69. The predicted molar refractivity (Wildman–Crippen MR) is 95.2 cm³/mol. The lowest BCUT2D eigenvalue weighted by Crippen LogP contribution is -2.22. The molecule has 6 heteroatoms. The summed E-state index contributed by atoms with van der Waals surface area (Å²) in [7, 11) is 1.71. The first-order valence-corrected chi connectivity index (χ1v) is 9.10. The normalized spacial score (nSPS) is 16.9.